The van der Waals surface area contributed by atoms with Gasteiger partial charge in [0, 0.05) is 38.4 Å². The smallest absolute Gasteiger partial charge is 0.328 e. The third kappa shape index (κ3) is 3.77. The quantitative estimate of drug-likeness (QED) is 0.688. The normalized spacial score (nSPS) is 14.7. The summed E-state index contributed by atoms with van der Waals surface area (Å²) in [6.07, 6.45) is 0. The molecular weight excluding hydrogens is 402 g/mol. The zero-order valence-electron chi connectivity index (χ0n) is 17.3. The number of carbonyl (C=O) groups excluding carboxylic acids is 1. The molecule has 3 heterocycles. The van der Waals surface area contributed by atoms with Gasteiger partial charge in [-0.2, -0.15) is 4.37 Å². The third-order valence-corrected chi connectivity index (χ3v) is 6.13. The summed E-state index contributed by atoms with van der Waals surface area (Å²) in [4.78, 5) is 45.3. The van der Waals surface area contributed by atoms with Crippen LogP contribution in [0.15, 0.2) is 33.9 Å². The number of hydrogen-bond acceptors (Lipinski definition) is 6. The zero-order valence-corrected chi connectivity index (χ0v) is 18.2. The molecule has 1 saturated heterocycles. The summed E-state index contributed by atoms with van der Waals surface area (Å²) < 4.78 is 5.35. The van der Waals surface area contributed by atoms with Crippen LogP contribution in [0.1, 0.15) is 29.1 Å². The lowest BCUT2D eigenvalue weighted by molar-refractivity contribution is 0.0753. The average molecular weight is 428 g/mol. The summed E-state index contributed by atoms with van der Waals surface area (Å²) in [5.41, 5.74) is 1.82. The predicted molar refractivity (Wildman–Crippen MR) is 119 cm³/mol. The lowest BCUT2D eigenvalue weighted by Gasteiger charge is -2.36. The molecular formula is C21H25N5O3S. The zero-order chi connectivity index (χ0) is 21.4. The number of nitrogens with zero attached hydrogens (tertiary/aromatic N) is 4. The second kappa shape index (κ2) is 8.06. The van der Waals surface area contributed by atoms with Gasteiger partial charge in [-0.05, 0) is 42.1 Å². The van der Waals surface area contributed by atoms with Crippen molar-refractivity contribution >= 4 is 34.2 Å². The van der Waals surface area contributed by atoms with Crippen molar-refractivity contribution in [3.63, 3.8) is 0 Å². The fourth-order valence-electron chi connectivity index (χ4n) is 3.76. The molecule has 0 radical (unpaired) electrons. The largest absolute Gasteiger partial charge is 0.368 e. The summed E-state index contributed by atoms with van der Waals surface area (Å²) in [5, 5.41) is 0. The van der Waals surface area contributed by atoms with Gasteiger partial charge in [0.1, 0.15) is 4.88 Å². The summed E-state index contributed by atoms with van der Waals surface area (Å²) in [7, 11) is 0. The van der Waals surface area contributed by atoms with Crippen LogP contribution in [0.4, 0.5) is 5.69 Å². The van der Waals surface area contributed by atoms with E-state index in [2.05, 4.69) is 39.4 Å². The van der Waals surface area contributed by atoms with Gasteiger partial charge in [0.05, 0.1) is 5.52 Å². The molecule has 1 fully saturated rings. The van der Waals surface area contributed by atoms with Gasteiger partial charge in [-0.25, -0.2) is 4.79 Å². The van der Waals surface area contributed by atoms with Crippen LogP contribution in [0.5, 0.6) is 0 Å². The number of hydrogen-bond donors (Lipinski definition) is 1. The highest BCUT2D eigenvalue weighted by molar-refractivity contribution is 7.09. The maximum atomic E-state index is 13.1. The fourth-order valence-corrected chi connectivity index (χ4v) is 4.56. The Balaban J connectivity index is 1.56. The van der Waals surface area contributed by atoms with Crippen LogP contribution in [0.2, 0.25) is 0 Å². The average Bonchev–Trinajstić information content (AvgIpc) is 3.14. The monoisotopic (exact) mass is 427 g/mol. The Labute approximate surface area is 177 Å². The molecule has 0 spiro atoms. The molecule has 2 aromatic heterocycles. The topological polar surface area (TPSA) is 91.3 Å². The Kier molecular flexibility index (Phi) is 5.46. The number of nitrogens with one attached hydrogen (secondary N) is 1. The van der Waals surface area contributed by atoms with Gasteiger partial charge >= 0.3 is 5.69 Å². The van der Waals surface area contributed by atoms with Gasteiger partial charge in [-0.15, -0.1) is 0 Å². The standard InChI is InChI=1S/C21H25N5O3S/c1-13(2)12-26-19(27)17-16(22-21(26)29)18(30-23-17)20(28)25-9-7-24(8-10-25)15-6-4-5-14(3)11-15/h4-6,11,13H,7-10,12H2,1-3H3,(H,22,29). The molecule has 0 atom stereocenters. The molecule has 3 aromatic rings. The number of aromatic nitrogens is 3. The fraction of sp³-hybridized carbons (Fsp3) is 0.429. The lowest BCUT2D eigenvalue weighted by atomic mass is 10.2. The molecule has 1 aliphatic rings. The number of anilines is 1. The van der Waals surface area contributed by atoms with Crippen LogP contribution < -0.4 is 16.1 Å². The molecule has 9 heteroatoms. The summed E-state index contributed by atoms with van der Waals surface area (Å²) >= 11 is 0.976. The van der Waals surface area contributed by atoms with E-state index in [4.69, 9.17) is 0 Å². The second-order valence-electron chi connectivity index (χ2n) is 8.09. The van der Waals surface area contributed by atoms with Crippen LogP contribution in [-0.4, -0.2) is 50.9 Å². The third-order valence-electron chi connectivity index (χ3n) is 5.29. The first-order valence-electron chi connectivity index (χ1n) is 10.1. The molecule has 0 unspecified atom stereocenters. The van der Waals surface area contributed by atoms with Crippen molar-refractivity contribution in [3.05, 3.63) is 55.5 Å². The van der Waals surface area contributed by atoms with Crippen molar-refractivity contribution in [2.45, 2.75) is 27.3 Å². The first kappa shape index (κ1) is 20.3. The first-order chi connectivity index (χ1) is 14.3. The minimum absolute atomic E-state index is 0.144. The first-order valence-corrected chi connectivity index (χ1v) is 10.9. The van der Waals surface area contributed by atoms with E-state index in [0.717, 1.165) is 34.9 Å². The Hall–Kier alpha value is -2.94. The molecule has 1 aromatic carbocycles. The Morgan fingerprint density at radius 3 is 2.60 bits per heavy atom. The Morgan fingerprint density at radius 1 is 1.20 bits per heavy atom. The van der Waals surface area contributed by atoms with E-state index < -0.39 is 11.2 Å². The van der Waals surface area contributed by atoms with Crippen molar-refractivity contribution in [1.82, 2.24) is 18.8 Å². The number of rotatable bonds is 4. The molecule has 1 amide bonds. The maximum Gasteiger partial charge on any atom is 0.328 e. The van der Waals surface area contributed by atoms with Gasteiger partial charge in [0.15, 0.2) is 5.52 Å². The minimum Gasteiger partial charge on any atom is -0.368 e. The molecule has 8 nitrogen and oxygen atoms in total. The van der Waals surface area contributed by atoms with Crippen molar-refractivity contribution in [2.75, 3.05) is 31.1 Å². The highest BCUT2D eigenvalue weighted by Gasteiger charge is 2.27. The van der Waals surface area contributed by atoms with Crippen molar-refractivity contribution < 1.29 is 4.79 Å². The lowest BCUT2D eigenvalue weighted by Crippen LogP contribution is -2.48. The molecule has 0 saturated carbocycles. The second-order valence-corrected chi connectivity index (χ2v) is 8.87. The number of benzene rings is 1. The van der Waals surface area contributed by atoms with Crippen LogP contribution >= 0.6 is 11.5 Å². The van der Waals surface area contributed by atoms with Gasteiger partial charge in [-0.1, -0.05) is 26.0 Å². The van der Waals surface area contributed by atoms with E-state index in [1.807, 2.05) is 19.9 Å². The molecule has 1 aliphatic heterocycles. The highest BCUT2D eigenvalue weighted by Crippen LogP contribution is 2.22. The van der Waals surface area contributed by atoms with Crippen LogP contribution in [0.25, 0.3) is 11.0 Å². The van der Waals surface area contributed by atoms with Gasteiger partial charge in [-0.3, -0.25) is 14.2 Å². The summed E-state index contributed by atoms with van der Waals surface area (Å²) in [6.45, 7) is 8.83. The molecule has 158 valence electrons. The molecule has 4 rings (SSSR count). The van der Waals surface area contributed by atoms with E-state index in [1.54, 1.807) is 4.90 Å². The Bertz CT molecular complexity index is 1200. The van der Waals surface area contributed by atoms with Crippen LogP contribution in [0.3, 0.4) is 0 Å². The number of aromatic amines is 1. The summed E-state index contributed by atoms with van der Waals surface area (Å²) in [6, 6.07) is 8.32. The predicted octanol–water partition coefficient (Wildman–Crippen LogP) is 2.07. The van der Waals surface area contributed by atoms with Gasteiger partial charge < -0.3 is 14.8 Å². The maximum absolute atomic E-state index is 13.1. The van der Waals surface area contributed by atoms with Crippen molar-refractivity contribution in [1.29, 1.82) is 0 Å². The van der Waals surface area contributed by atoms with Crippen LogP contribution in [-0.2, 0) is 6.54 Å². The van der Waals surface area contributed by atoms with Gasteiger partial charge in [0.2, 0.25) is 0 Å². The number of aryl methyl sites for hydroxylation is 1. The van der Waals surface area contributed by atoms with E-state index >= 15 is 0 Å². The number of H-pyrrole nitrogens is 1. The SMILES string of the molecule is Cc1cccc(N2CCN(C(=O)c3snc4c(=O)n(CC(C)C)c(=O)[nH]c34)CC2)c1. The number of carbonyl (C=O) groups is 1. The minimum atomic E-state index is -0.500. The van der Waals surface area contributed by atoms with Crippen molar-refractivity contribution in [3.8, 4) is 0 Å². The van der Waals surface area contributed by atoms with Crippen molar-refractivity contribution in [2.24, 2.45) is 5.92 Å². The highest BCUT2D eigenvalue weighted by atomic mass is 32.1. The molecule has 30 heavy (non-hydrogen) atoms. The summed E-state index contributed by atoms with van der Waals surface area (Å²) in [5.74, 6) is -0.0475. The van der Waals surface area contributed by atoms with Crippen LogP contribution in [0, 0.1) is 12.8 Å². The number of piperazine rings is 1. The molecule has 0 aliphatic carbocycles. The number of amides is 1. The van der Waals surface area contributed by atoms with E-state index in [1.165, 1.54) is 5.56 Å². The Morgan fingerprint density at radius 2 is 1.93 bits per heavy atom. The number of fused-ring (bicyclic) bond motifs is 1. The molecule has 0 bridgehead atoms. The van der Waals surface area contributed by atoms with Gasteiger partial charge in [0.25, 0.3) is 11.5 Å². The molecule has 1 N–H and O–H groups in total. The van der Waals surface area contributed by atoms with E-state index in [0.29, 0.717) is 24.5 Å². The van der Waals surface area contributed by atoms with E-state index in [9.17, 15) is 14.4 Å². The van der Waals surface area contributed by atoms with E-state index in [-0.39, 0.29) is 22.9 Å².